The number of hydrogen-bond acceptors (Lipinski definition) is 2. The molecule has 0 aromatic rings. The molecule has 13 heavy (non-hydrogen) atoms. The van der Waals surface area contributed by atoms with Crippen molar-refractivity contribution >= 4 is 5.97 Å². The first kappa shape index (κ1) is 12.0. The lowest BCUT2D eigenvalue weighted by Gasteiger charge is -2.10. The molecule has 0 heterocycles. The molecule has 0 fully saturated rings. The van der Waals surface area contributed by atoms with Crippen LogP contribution >= 0.6 is 0 Å². The van der Waals surface area contributed by atoms with E-state index in [2.05, 4.69) is 6.07 Å². The van der Waals surface area contributed by atoms with Gasteiger partial charge < -0.3 is 5.11 Å². The number of aliphatic carboxylic acids is 1. The third-order valence-corrected chi connectivity index (χ3v) is 2.15. The SMILES string of the molecule is CCCC(CCC(C)C#N)C(=O)O. The normalized spacial score (nSPS) is 14.5. The van der Waals surface area contributed by atoms with Gasteiger partial charge in [0.1, 0.15) is 0 Å². The minimum absolute atomic E-state index is 0.0290. The minimum atomic E-state index is -0.730. The topological polar surface area (TPSA) is 61.1 Å². The fourth-order valence-electron chi connectivity index (χ4n) is 1.26. The maximum Gasteiger partial charge on any atom is 0.306 e. The van der Waals surface area contributed by atoms with E-state index >= 15 is 0 Å². The Morgan fingerprint density at radius 3 is 2.46 bits per heavy atom. The molecular weight excluding hydrogens is 166 g/mol. The molecule has 0 saturated heterocycles. The van der Waals surface area contributed by atoms with Gasteiger partial charge in [-0.25, -0.2) is 0 Å². The van der Waals surface area contributed by atoms with Crippen molar-refractivity contribution in [2.75, 3.05) is 0 Å². The zero-order chi connectivity index (χ0) is 10.3. The van der Waals surface area contributed by atoms with Gasteiger partial charge in [-0.1, -0.05) is 13.3 Å². The Morgan fingerprint density at radius 1 is 1.46 bits per heavy atom. The van der Waals surface area contributed by atoms with Gasteiger partial charge in [0.15, 0.2) is 0 Å². The average Bonchev–Trinajstić information content (AvgIpc) is 2.11. The third-order valence-electron chi connectivity index (χ3n) is 2.15. The van der Waals surface area contributed by atoms with Crippen LogP contribution in [0.4, 0.5) is 0 Å². The summed E-state index contributed by atoms with van der Waals surface area (Å²) in [7, 11) is 0. The number of nitriles is 1. The van der Waals surface area contributed by atoms with E-state index in [9.17, 15) is 4.79 Å². The summed E-state index contributed by atoms with van der Waals surface area (Å²) in [4.78, 5) is 10.7. The number of hydrogen-bond donors (Lipinski definition) is 1. The van der Waals surface area contributed by atoms with Gasteiger partial charge in [-0.05, 0) is 26.2 Å². The Labute approximate surface area is 79.4 Å². The molecule has 3 heteroatoms. The molecule has 1 N–H and O–H groups in total. The second-order valence-corrected chi connectivity index (χ2v) is 3.43. The molecule has 0 amide bonds. The van der Waals surface area contributed by atoms with E-state index in [1.54, 1.807) is 0 Å². The molecule has 0 aromatic carbocycles. The highest BCUT2D eigenvalue weighted by atomic mass is 16.4. The number of carbonyl (C=O) groups is 1. The van der Waals surface area contributed by atoms with Gasteiger partial charge >= 0.3 is 5.97 Å². The summed E-state index contributed by atoms with van der Waals surface area (Å²) in [5.41, 5.74) is 0. The van der Waals surface area contributed by atoms with Gasteiger partial charge in [0, 0.05) is 5.92 Å². The van der Waals surface area contributed by atoms with Crippen LogP contribution in [0, 0.1) is 23.2 Å². The van der Waals surface area contributed by atoms with Crippen LogP contribution in [0.1, 0.15) is 39.5 Å². The van der Waals surface area contributed by atoms with Crippen LogP contribution in [0.25, 0.3) is 0 Å². The smallest absolute Gasteiger partial charge is 0.306 e. The van der Waals surface area contributed by atoms with Crippen LogP contribution in [-0.4, -0.2) is 11.1 Å². The predicted octanol–water partition coefficient (Wildman–Crippen LogP) is 2.43. The predicted molar refractivity (Wildman–Crippen MR) is 50.0 cm³/mol. The highest BCUT2D eigenvalue weighted by molar-refractivity contribution is 5.69. The Bertz CT molecular complexity index is 196. The van der Waals surface area contributed by atoms with Gasteiger partial charge in [-0.15, -0.1) is 0 Å². The molecule has 0 aliphatic rings. The molecule has 0 saturated carbocycles. The first-order valence-electron chi connectivity index (χ1n) is 4.74. The van der Waals surface area contributed by atoms with E-state index in [-0.39, 0.29) is 11.8 Å². The Kier molecular flexibility index (Phi) is 5.96. The number of carboxylic acid groups (broad SMARTS) is 1. The molecule has 2 unspecified atom stereocenters. The van der Waals surface area contributed by atoms with E-state index in [1.165, 1.54) is 0 Å². The molecule has 0 aromatic heterocycles. The third kappa shape index (κ3) is 5.24. The second kappa shape index (κ2) is 6.47. The van der Waals surface area contributed by atoms with Crippen LogP contribution in [0.2, 0.25) is 0 Å². The zero-order valence-corrected chi connectivity index (χ0v) is 8.29. The van der Waals surface area contributed by atoms with E-state index in [0.29, 0.717) is 19.3 Å². The summed E-state index contributed by atoms with van der Waals surface area (Å²) in [5.74, 6) is -1.02. The van der Waals surface area contributed by atoms with Crippen molar-refractivity contribution in [3.63, 3.8) is 0 Å². The average molecular weight is 183 g/mol. The van der Waals surface area contributed by atoms with Crippen LogP contribution in [0.15, 0.2) is 0 Å². The molecule has 0 aliphatic heterocycles. The lowest BCUT2D eigenvalue weighted by molar-refractivity contribution is -0.142. The van der Waals surface area contributed by atoms with E-state index in [1.807, 2.05) is 13.8 Å². The maximum absolute atomic E-state index is 10.7. The van der Waals surface area contributed by atoms with Crippen LogP contribution < -0.4 is 0 Å². The van der Waals surface area contributed by atoms with Crippen molar-refractivity contribution in [2.45, 2.75) is 39.5 Å². The lowest BCUT2D eigenvalue weighted by atomic mass is 9.94. The summed E-state index contributed by atoms with van der Waals surface area (Å²) < 4.78 is 0. The van der Waals surface area contributed by atoms with Gasteiger partial charge in [-0.3, -0.25) is 4.79 Å². The minimum Gasteiger partial charge on any atom is -0.481 e. The highest BCUT2D eigenvalue weighted by Gasteiger charge is 2.16. The Morgan fingerprint density at radius 2 is 2.08 bits per heavy atom. The lowest BCUT2D eigenvalue weighted by Crippen LogP contribution is -2.14. The molecular formula is C10H17NO2. The molecule has 74 valence electrons. The molecule has 0 radical (unpaired) electrons. The maximum atomic E-state index is 10.7. The van der Waals surface area contributed by atoms with Crippen LogP contribution in [-0.2, 0) is 4.79 Å². The largest absolute Gasteiger partial charge is 0.481 e. The van der Waals surface area contributed by atoms with E-state index < -0.39 is 5.97 Å². The van der Waals surface area contributed by atoms with Crippen molar-refractivity contribution < 1.29 is 9.90 Å². The standard InChI is InChI=1S/C10H17NO2/c1-3-4-9(10(12)13)6-5-8(2)7-11/h8-9H,3-6H2,1-2H3,(H,12,13). The second-order valence-electron chi connectivity index (χ2n) is 3.43. The zero-order valence-electron chi connectivity index (χ0n) is 8.29. The van der Waals surface area contributed by atoms with Crippen molar-refractivity contribution in [2.24, 2.45) is 11.8 Å². The van der Waals surface area contributed by atoms with Gasteiger partial charge in [0.25, 0.3) is 0 Å². The van der Waals surface area contributed by atoms with Crippen molar-refractivity contribution in [3.8, 4) is 6.07 Å². The molecule has 0 aliphatic carbocycles. The number of carboxylic acids is 1. The quantitative estimate of drug-likeness (QED) is 0.687. The Balaban J connectivity index is 3.83. The van der Waals surface area contributed by atoms with Crippen molar-refractivity contribution in [1.82, 2.24) is 0 Å². The van der Waals surface area contributed by atoms with Gasteiger partial charge in [0.05, 0.1) is 12.0 Å². The summed E-state index contributed by atoms with van der Waals surface area (Å²) in [6, 6.07) is 2.11. The summed E-state index contributed by atoms with van der Waals surface area (Å²) in [6.07, 6.45) is 2.91. The molecule has 0 spiro atoms. The fourth-order valence-corrected chi connectivity index (χ4v) is 1.26. The fraction of sp³-hybridized carbons (Fsp3) is 0.800. The van der Waals surface area contributed by atoms with E-state index in [4.69, 9.17) is 10.4 Å². The van der Waals surface area contributed by atoms with Gasteiger partial charge in [-0.2, -0.15) is 5.26 Å². The number of rotatable bonds is 6. The van der Waals surface area contributed by atoms with Crippen molar-refractivity contribution in [1.29, 1.82) is 5.26 Å². The van der Waals surface area contributed by atoms with E-state index in [0.717, 1.165) is 6.42 Å². The molecule has 0 rings (SSSR count). The summed E-state index contributed by atoms with van der Waals surface area (Å²) in [6.45, 7) is 3.80. The molecule has 0 bridgehead atoms. The first-order valence-corrected chi connectivity index (χ1v) is 4.74. The van der Waals surface area contributed by atoms with Crippen molar-refractivity contribution in [3.05, 3.63) is 0 Å². The monoisotopic (exact) mass is 183 g/mol. The van der Waals surface area contributed by atoms with Crippen LogP contribution in [0.5, 0.6) is 0 Å². The first-order chi connectivity index (χ1) is 6.11. The molecule has 2 atom stereocenters. The Hall–Kier alpha value is -1.04. The van der Waals surface area contributed by atoms with Gasteiger partial charge in [0.2, 0.25) is 0 Å². The highest BCUT2D eigenvalue weighted by Crippen LogP contribution is 2.17. The summed E-state index contributed by atoms with van der Waals surface area (Å²) >= 11 is 0. The summed E-state index contributed by atoms with van der Waals surface area (Å²) in [5, 5.41) is 17.3. The molecule has 3 nitrogen and oxygen atoms in total. The number of nitrogens with zero attached hydrogens (tertiary/aromatic N) is 1. The van der Waals surface area contributed by atoms with Crippen LogP contribution in [0.3, 0.4) is 0 Å².